The Kier molecular flexibility index (Phi) is 6.03. The Balaban J connectivity index is 1.52. The molecule has 1 aliphatic rings. The number of benzene rings is 2. The molecule has 148 valence electrons. The van der Waals surface area contributed by atoms with Crippen LogP contribution < -0.4 is 15.5 Å². The monoisotopic (exact) mass is 382 g/mol. The molecule has 0 spiro atoms. The van der Waals surface area contributed by atoms with E-state index in [0.29, 0.717) is 37.6 Å². The number of carbonyl (C=O) groups is 2. The first-order chi connectivity index (χ1) is 13.4. The quantitative estimate of drug-likeness (QED) is 0.757. The second-order valence-electron chi connectivity index (χ2n) is 7.11. The standard InChI is InChI=1S/C21H26N4O3/c1-15(2)20(27)22-16-7-9-17(10-8-16)23-21(28)25-13-11-24(12-14-25)18-5-3-4-6-19(18)26/h3-10,15,26H,11-14H2,1-2H3,(H,22,27)(H,23,28). The number of phenolic OH excluding ortho intramolecular Hbond substituents is 1. The lowest BCUT2D eigenvalue weighted by molar-refractivity contribution is -0.118. The van der Waals surface area contributed by atoms with Crippen LogP contribution in [0.2, 0.25) is 0 Å². The summed E-state index contributed by atoms with van der Waals surface area (Å²) < 4.78 is 0. The molecule has 0 unspecified atom stereocenters. The largest absolute Gasteiger partial charge is 0.506 e. The van der Waals surface area contributed by atoms with Crippen LogP contribution in [0.25, 0.3) is 0 Å². The van der Waals surface area contributed by atoms with Gasteiger partial charge >= 0.3 is 6.03 Å². The first-order valence-electron chi connectivity index (χ1n) is 9.44. The van der Waals surface area contributed by atoms with Crippen LogP contribution in [-0.2, 0) is 4.79 Å². The summed E-state index contributed by atoms with van der Waals surface area (Å²) in [4.78, 5) is 28.1. The van der Waals surface area contributed by atoms with Gasteiger partial charge in [-0.05, 0) is 36.4 Å². The normalized spacial score (nSPS) is 14.1. The molecule has 3 amide bonds. The van der Waals surface area contributed by atoms with Crippen molar-refractivity contribution in [2.75, 3.05) is 41.7 Å². The molecule has 2 aromatic rings. The zero-order chi connectivity index (χ0) is 20.1. The van der Waals surface area contributed by atoms with Crippen molar-refractivity contribution in [3.05, 3.63) is 48.5 Å². The first-order valence-corrected chi connectivity index (χ1v) is 9.44. The topological polar surface area (TPSA) is 84.9 Å². The summed E-state index contributed by atoms with van der Waals surface area (Å²) in [6.45, 7) is 6.13. The molecule has 2 aromatic carbocycles. The molecule has 1 fully saturated rings. The minimum Gasteiger partial charge on any atom is -0.506 e. The fourth-order valence-electron chi connectivity index (χ4n) is 3.01. The van der Waals surface area contributed by atoms with Crippen molar-refractivity contribution in [1.29, 1.82) is 0 Å². The maximum atomic E-state index is 12.5. The summed E-state index contributed by atoms with van der Waals surface area (Å²) in [5.41, 5.74) is 2.17. The van der Waals surface area contributed by atoms with Gasteiger partial charge in [0.05, 0.1) is 5.69 Å². The third kappa shape index (κ3) is 4.73. The highest BCUT2D eigenvalue weighted by molar-refractivity contribution is 5.93. The van der Waals surface area contributed by atoms with Crippen LogP contribution in [0, 0.1) is 5.92 Å². The van der Waals surface area contributed by atoms with Gasteiger partial charge in [-0.25, -0.2) is 4.79 Å². The molecular formula is C21H26N4O3. The number of urea groups is 1. The Bertz CT molecular complexity index is 828. The highest BCUT2D eigenvalue weighted by Gasteiger charge is 2.22. The Labute approximate surface area is 165 Å². The number of hydrogen-bond acceptors (Lipinski definition) is 4. The second-order valence-corrected chi connectivity index (χ2v) is 7.11. The van der Waals surface area contributed by atoms with Crippen molar-refractivity contribution in [2.24, 2.45) is 5.92 Å². The molecule has 1 aliphatic heterocycles. The van der Waals surface area contributed by atoms with Gasteiger partial charge in [0.15, 0.2) is 0 Å². The Morgan fingerprint density at radius 2 is 1.46 bits per heavy atom. The van der Waals surface area contributed by atoms with Crippen LogP contribution in [0.15, 0.2) is 48.5 Å². The average molecular weight is 382 g/mol. The lowest BCUT2D eigenvalue weighted by Gasteiger charge is -2.36. The molecule has 0 radical (unpaired) electrons. The van der Waals surface area contributed by atoms with E-state index in [2.05, 4.69) is 15.5 Å². The summed E-state index contributed by atoms with van der Waals surface area (Å²) in [5, 5.41) is 15.7. The van der Waals surface area contributed by atoms with Crippen LogP contribution in [0.1, 0.15) is 13.8 Å². The average Bonchev–Trinajstić information content (AvgIpc) is 2.70. The van der Waals surface area contributed by atoms with Crippen LogP contribution in [0.3, 0.4) is 0 Å². The van der Waals surface area contributed by atoms with Crippen molar-refractivity contribution in [3.8, 4) is 5.75 Å². The number of anilines is 3. The summed E-state index contributed by atoms with van der Waals surface area (Å²) >= 11 is 0. The van der Waals surface area contributed by atoms with Gasteiger partial charge in [-0.15, -0.1) is 0 Å². The van der Waals surface area contributed by atoms with Crippen LogP contribution in [0.4, 0.5) is 21.9 Å². The van der Waals surface area contributed by atoms with Crippen molar-refractivity contribution < 1.29 is 14.7 Å². The van der Waals surface area contributed by atoms with Gasteiger partial charge in [0.2, 0.25) is 5.91 Å². The van der Waals surface area contributed by atoms with Crippen molar-refractivity contribution in [1.82, 2.24) is 4.90 Å². The molecule has 0 atom stereocenters. The third-order valence-electron chi connectivity index (χ3n) is 4.72. The zero-order valence-corrected chi connectivity index (χ0v) is 16.2. The van der Waals surface area contributed by atoms with Gasteiger partial charge in [0.25, 0.3) is 0 Å². The maximum absolute atomic E-state index is 12.5. The van der Waals surface area contributed by atoms with Gasteiger partial charge in [0.1, 0.15) is 5.75 Å². The fraction of sp³-hybridized carbons (Fsp3) is 0.333. The van der Waals surface area contributed by atoms with Gasteiger partial charge in [-0.2, -0.15) is 0 Å². The van der Waals surface area contributed by atoms with E-state index in [-0.39, 0.29) is 23.6 Å². The number of rotatable bonds is 4. The minimum atomic E-state index is -0.157. The molecule has 1 heterocycles. The highest BCUT2D eigenvalue weighted by Crippen LogP contribution is 2.27. The molecule has 0 aromatic heterocycles. The number of amides is 3. The number of nitrogens with one attached hydrogen (secondary N) is 2. The Morgan fingerprint density at radius 3 is 2.04 bits per heavy atom. The lowest BCUT2D eigenvalue weighted by Crippen LogP contribution is -2.50. The van der Waals surface area contributed by atoms with Crippen LogP contribution in [0.5, 0.6) is 5.75 Å². The van der Waals surface area contributed by atoms with E-state index in [1.165, 1.54) is 0 Å². The van der Waals surface area contributed by atoms with E-state index >= 15 is 0 Å². The predicted octanol–water partition coefficient (Wildman–Crippen LogP) is 3.34. The Morgan fingerprint density at radius 1 is 0.893 bits per heavy atom. The molecule has 3 N–H and O–H groups in total. The van der Waals surface area contributed by atoms with Gasteiger partial charge < -0.3 is 25.5 Å². The van der Waals surface area contributed by atoms with E-state index in [1.807, 2.05) is 26.0 Å². The molecule has 0 saturated carbocycles. The number of hydrogen-bond donors (Lipinski definition) is 3. The van der Waals surface area contributed by atoms with Crippen molar-refractivity contribution in [2.45, 2.75) is 13.8 Å². The third-order valence-corrected chi connectivity index (χ3v) is 4.72. The van der Waals surface area contributed by atoms with Crippen molar-refractivity contribution >= 4 is 29.0 Å². The minimum absolute atomic E-state index is 0.0425. The molecule has 7 nitrogen and oxygen atoms in total. The number of para-hydroxylation sites is 2. The number of aromatic hydroxyl groups is 1. The molecule has 1 saturated heterocycles. The smallest absolute Gasteiger partial charge is 0.321 e. The van der Waals surface area contributed by atoms with E-state index in [0.717, 1.165) is 5.69 Å². The summed E-state index contributed by atoms with van der Waals surface area (Å²) in [6.07, 6.45) is 0. The molecular weight excluding hydrogens is 356 g/mol. The fourth-order valence-corrected chi connectivity index (χ4v) is 3.01. The zero-order valence-electron chi connectivity index (χ0n) is 16.2. The second kappa shape index (κ2) is 8.65. The molecule has 28 heavy (non-hydrogen) atoms. The highest BCUT2D eigenvalue weighted by atomic mass is 16.3. The number of carbonyl (C=O) groups excluding carboxylic acids is 2. The number of nitrogens with zero attached hydrogens (tertiary/aromatic N) is 2. The van der Waals surface area contributed by atoms with E-state index < -0.39 is 0 Å². The summed E-state index contributed by atoms with van der Waals surface area (Å²) in [6, 6.07) is 14.2. The lowest BCUT2D eigenvalue weighted by atomic mass is 10.2. The number of phenols is 1. The van der Waals surface area contributed by atoms with Crippen LogP contribution in [-0.4, -0.2) is 48.1 Å². The number of piperazine rings is 1. The molecule has 0 aliphatic carbocycles. The molecule has 3 rings (SSSR count). The maximum Gasteiger partial charge on any atom is 0.321 e. The van der Waals surface area contributed by atoms with Gasteiger partial charge in [-0.1, -0.05) is 26.0 Å². The molecule has 7 heteroatoms. The summed E-state index contributed by atoms with van der Waals surface area (Å²) in [5.74, 6) is 0.125. The van der Waals surface area contributed by atoms with E-state index in [9.17, 15) is 14.7 Å². The predicted molar refractivity (Wildman–Crippen MR) is 111 cm³/mol. The van der Waals surface area contributed by atoms with Crippen LogP contribution >= 0.6 is 0 Å². The van der Waals surface area contributed by atoms with Crippen molar-refractivity contribution in [3.63, 3.8) is 0 Å². The summed E-state index contributed by atoms with van der Waals surface area (Å²) in [7, 11) is 0. The van der Waals surface area contributed by atoms with Gasteiger partial charge in [0, 0.05) is 43.5 Å². The Hall–Kier alpha value is -3.22. The molecule has 0 bridgehead atoms. The van der Waals surface area contributed by atoms with E-state index in [1.54, 1.807) is 41.3 Å². The van der Waals surface area contributed by atoms with E-state index in [4.69, 9.17) is 0 Å². The van der Waals surface area contributed by atoms with Gasteiger partial charge in [-0.3, -0.25) is 4.79 Å². The SMILES string of the molecule is CC(C)C(=O)Nc1ccc(NC(=O)N2CCN(c3ccccc3O)CC2)cc1. The first kappa shape index (κ1) is 19.5.